The Balaban J connectivity index is 1.65. The molecule has 158 valence electrons. The number of fused-ring (bicyclic) bond motifs is 2. The summed E-state index contributed by atoms with van der Waals surface area (Å²) in [6.07, 6.45) is 1.68. The first-order valence-corrected chi connectivity index (χ1v) is 11.1. The predicted molar refractivity (Wildman–Crippen MR) is 127 cm³/mol. The second kappa shape index (κ2) is 8.09. The van der Waals surface area contributed by atoms with Crippen molar-refractivity contribution in [2.24, 2.45) is 0 Å². The van der Waals surface area contributed by atoms with E-state index in [9.17, 15) is 9.59 Å². The molecule has 0 saturated heterocycles. The van der Waals surface area contributed by atoms with Gasteiger partial charge in [-0.3, -0.25) is 4.79 Å². The molecule has 0 aliphatic carbocycles. The zero-order valence-electron chi connectivity index (χ0n) is 17.5. The molecule has 3 heterocycles. The summed E-state index contributed by atoms with van der Waals surface area (Å²) in [6, 6.07) is 18.3. The molecule has 0 atom stereocenters. The van der Waals surface area contributed by atoms with Gasteiger partial charge >= 0.3 is 5.63 Å². The maximum Gasteiger partial charge on any atom is 0.336 e. The summed E-state index contributed by atoms with van der Waals surface area (Å²) in [6.45, 7) is 3.91. The first-order valence-electron chi connectivity index (χ1n) is 10.1. The molecule has 6 nitrogen and oxygen atoms in total. The van der Waals surface area contributed by atoms with Crippen LogP contribution in [0.3, 0.4) is 0 Å². The van der Waals surface area contributed by atoms with Crippen LogP contribution in [0.15, 0.2) is 86.0 Å². The van der Waals surface area contributed by atoms with Crippen molar-refractivity contribution in [3.05, 3.63) is 104 Å². The summed E-state index contributed by atoms with van der Waals surface area (Å²) < 4.78 is 6.91. The summed E-state index contributed by atoms with van der Waals surface area (Å²) in [5, 5.41) is 1.91. The fraction of sp³-hybridized carbons (Fsp3) is 0.120. The van der Waals surface area contributed by atoms with E-state index in [4.69, 9.17) is 9.40 Å². The zero-order chi connectivity index (χ0) is 22.2. The summed E-state index contributed by atoms with van der Waals surface area (Å²) in [5.41, 5.74) is 3.43. The van der Waals surface area contributed by atoms with E-state index >= 15 is 0 Å². The molecule has 7 heteroatoms. The molecule has 0 saturated carbocycles. The summed E-state index contributed by atoms with van der Waals surface area (Å²) in [7, 11) is 0. The molecule has 0 fully saturated rings. The van der Waals surface area contributed by atoms with Crippen LogP contribution >= 0.6 is 11.8 Å². The average molecular weight is 442 g/mol. The number of benzene rings is 2. The average Bonchev–Trinajstić information content (AvgIpc) is 2.77. The maximum atomic E-state index is 13.4. The second-order valence-corrected chi connectivity index (χ2v) is 8.56. The number of thioether (sulfide) groups is 1. The van der Waals surface area contributed by atoms with Crippen molar-refractivity contribution in [2.45, 2.75) is 24.8 Å². The lowest BCUT2D eigenvalue weighted by molar-refractivity contribution is 0.559. The van der Waals surface area contributed by atoms with Crippen LogP contribution in [0, 0.1) is 13.8 Å². The minimum Gasteiger partial charge on any atom is -0.423 e. The van der Waals surface area contributed by atoms with Gasteiger partial charge in [0.2, 0.25) is 0 Å². The quantitative estimate of drug-likeness (QED) is 0.227. The number of pyridine rings is 1. The van der Waals surface area contributed by atoms with Gasteiger partial charge in [-0.1, -0.05) is 36.0 Å². The lowest BCUT2D eigenvalue weighted by Crippen LogP contribution is -2.22. The van der Waals surface area contributed by atoms with E-state index in [2.05, 4.69) is 4.98 Å². The molecule has 0 spiro atoms. The topological polar surface area (TPSA) is 78.0 Å². The Hall–Kier alpha value is -3.71. The Morgan fingerprint density at radius 3 is 2.59 bits per heavy atom. The minimum atomic E-state index is -0.400. The van der Waals surface area contributed by atoms with Crippen molar-refractivity contribution in [1.82, 2.24) is 14.5 Å². The number of rotatable bonds is 4. The molecule has 0 aliphatic heterocycles. The Morgan fingerprint density at radius 2 is 1.75 bits per heavy atom. The third-order valence-corrected chi connectivity index (χ3v) is 6.20. The van der Waals surface area contributed by atoms with Gasteiger partial charge in [-0.2, -0.15) is 0 Å². The lowest BCUT2D eigenvalue weighted by Gasteiger charge is -2.13. The minimum absolute atomic E-state index is 0.177. The number of para-hydroxylation sites is 1. The Morgan fingerprint density at radius 1 is 0.938 bits per heavy atom. The monoisotopic (exact) mass is 441 g/mol. The van der Waals surface area contributed by atoms with E-state index in [1.165, 1.54) is 22.4 Å². The normalized spacial score (nSPS) is 11.3. The van der Waals surface area contributed by atoms with Gasteiger partial charge in [0.05, 0.1) is 10.9 Å². The van der Waals surface area contributed by atoms with E-state index in [0.29, 0.717) is 33.2 Å². The smallest absolute Gasteiger partial charge is 0.336 e. The standard InChI is InChI=1S/C25H19N3O3S/c1-15-7-8-18-17(13-23(29)31-21(18)11-15)14-32-25-27-20-6-4-3-5-19(20)24(30)28(25)22-12-16(2)9-10-26-22/h3-13H,14H2,1-2H3. The molecule has 5 rings (SSSR count). The van der Waals surface area contributed by atoms with Crippen LogP contribution in [-0.4, -0.2) is 14.5 Å². The van der Waals surface area contributed by atoms with Crippen molar-refractivity contribution in [3.8, 4) is 5.82 Å². The van der Waals surface area contributed by atoms with E-state index in [-0.39, 0.29) is 5.56 Å². The Bertz CT molecular complexity index is 1600. The van der Waals surface area contributed by atoms with E-state index in [1.807, 2.05) is 62.4 Å². The van der Waals surface area contributed by atoms with Gasteiger partial charge in [0.25, 0.3) is 5.56 Å². The third kappa shape index (κ3) is 3.71. The van der Waals surface area contributed by atoms with Crippen LogP contribution in [-0.2, 0) is 5.75 Å². The molecule has 0 aliphatic rings. The highest BCUT2D eigenvalue weighted by Crippen LogP contribution is 2.27. The molecule has 0 radical (unpaired) electrons. The largest absolute Gasteiger partial charge is 0.423 e. The van der Waals surface area contributed by atoms with Crippen molar-refractivity contribution in [1.29, 1.82) is 0 Å². The first kappa shape index (κ1) is 20.2. The highest BCUT2D eigenvalue weighted by Gasteiger charge is 2.15. The third-order valence-electron chi connectivity index (χ3n) is 5.22. The molecule has 5 aromatic rings. The molecule has 0 bridgehead atoms. The lowest BCUT2D eigenvalue weighted by atomic mass is 10.1. The summed E-state index contributed by atoms with van der Waals surface area (Å²) >= 11 is 1.39. The van der Waals surface area contributed by atoms with Crippen LogP contribution in [0.5, 0.6) is 0 Å². The van der Waals surface area contributed by atoms with Crippen LogP contribution < -0.4 is 11.2 Å². The highest BCUT2D eigenvalue weighted by atomic mass is 32.2. The predicted octanol–water partition coefficient (Wildman–Crippen LogP) is 4.80. The van der Waals surface area contributed by atoms with Crippen molar-refractivity contribution in [2.75, 3.05) is 0 Å². The van der Waals surface area contributed by atoms with Crippen LogP contribution in [0.2, 0.25) is 0 Å². The van der Waals surface area contributed by atoms with Crippen LogP contribution in [0.25, 0.3) is 27.7 Å². The SMILES string of the molecule is Cc1ccnc(-n2c(SCc3cc(=O)oc4cc(C)ccc34)nc3ccccc3c2=O)c1. The van der Waals surface area contributed by atoms with Gasteiger partial charge in [0.1, 0.15) is 11.4 Å². The van der Waals surface area contributed by atoms with Gasteiger partial charge in [-0.25, -0.2) is 19.3 Å². The van der Waals surface area contributed by atoms with Crippen LogP contribution in [0.1, 0.15) is 16.7 Å². The second-order valence-electron chi connectivity index (χ2n) is 7.62. The van der Waals surface area contributed by atoms with E-state index in [1.54, 1.807) is 12.3 Å². The molecule has 0 N–H and O–H groups in total. The number of aromatic nitrogens is 3. The van der Waals surface area contributed by atoms with Crippen molar-refractivity contribution in [3.63, 3.8) is 0 Å². The van der Waals surface area contributed by atoms with Gasteiger partial charge < -0.3 is 4.42 Å². The number of aryl methyl sites for hydroxylation is 2. The first-order chi connectivity index (χ1) is 15.5. The van der Waals surface area contributed by atoms with Gasteiger partial charge in [0, 0.05) is 23.4 Å². The zero-order valence-corrected chi connectivity index (χ0v) is 18.3. The summed E-state index contributed by atoms with van der Waals surface area (Å²) in [4.78, 5) is 34.7. The van der Waals surface area contributed by atoms with Crippen molar-refractivity contribution < 1.29 is 4.42 Å². The number of hydrogen-bond acceptors (Lipinski definition) is 6. The fourth-order valence-corrected chi connectivity index (χ4v) is 4.64. The molecule has 0 amide bonds. The molecule has 3 aromatic heterocycles. The Labute approximate surface area is 187 Å². The molecule has 2 aromatic carbocycles. The highest BCUT2D eigenvalue weighted by molar-refractivity contribution is 7.98. The molecular formula is C25H19N3O3S. The molecular weight excluding hydrogens is 422 g/mol. The van der Waals surface area contributed by atoms with E-state index < -0.39 is 5.63 Å². The molecule has 0 unspecified atom stereocenters. The van der Waals surface area contributed by atoms with Crippen LogP contribution in [0.4, 0.5) is 0 Å². The van der Waals surface area contributed by atoms with Gasteiger partial charge in [-0.15, -0.1) is 0 Å². The number of hydrogen-bond donors (Lipinski definition) is 0. The van der Waals surface area contributed by atoms with Crippen molar-refractivity contribution >= 4 is 33.6 Å². The molecule has 32 heavy (non-hydrogen) atoms. The number of nitrogens with zero attached hydrogens (tertiary/aromatic N) is 3. The van der Waals surface area contributed by atoms with Gasteiger partial charge in [-0.05, 0) is 60.9 Å². The van der Waals surface area contributed by atoms with Gasteiger partial charge in [0.15, 0.2) is 5.16 Å². The van der Waals surface area contributed by atoms with E-state index in [0.717, 1.165) is 22.1 Å². The summed E-state index contributed by atoms with van der Waals surface area (Å²) in [5.74, 6) is 0.964. The Kier molecular flexibility index (Phi) is 5.11. The fourth-order valence-electron chi connectivity index (χ4n) is 3.65. The maximum absolute atomic E-state index is 13.4.